The molecule has 1 heterocycles. The third-order valence-electron chi connectivity index (χ3n) is 8.83. The molecule has 0 spiro atoms. The van der Waals surface area contributed by atoms with E-state index in [9.17, 15) is 4.79 Å². The third kappa shape index (κ3) is 4.45. The molecule has 0 N–H and O–H groups in total. The second-order valence-corrected chi connectivity index (χ2v) is 16.6. The van der Waals surface area contributed by atoms with Crippen molar-refractivity contribution in [3.8, 4) is 0 Å². The van der Waals surface area contributed by atoms with Crippen LogP contribution in [-0.4, -0.2) is 39.2 Å². The lowest BCUT2D eigenvalue weighted by Crippen LogP contribution is -2.52. The van der Waals surface area contributed by atoms with Crippen molar-refractivity contribution in [2.75, 3.05) is 13.2 Å². The number of esters is 1. The Labute approximate surface area is 185 Å². The van der Waals surface area contributed by atoms with Gasteiger partial charge in [-0.15, -0.1) is 0 Å². The molecule has 3 aliphatic rings. The molecule has 172 valence electrons. The Bertz CT molecular complexity index is 679. The molecule has 5 atom stereocenters. The highest BCUT2D eigenvalue weighted by Gasteiger charge is 2.59. The average molecular weight is 437 g/mol. The first-order chi connectivity index (χ1) is 13.8. The Hall–Kier alpha value is -0.653. The van der Waals surface area contributed by atoms with Crippen LogP contribution in [0, 0.1) is 17.3 Å². The zero-order chi connectivity index (χ0) is 22.4. The largest absolute Gasteiger partial charge is 0.463 e. The van der Waals surface area contributed by atoms with Crippen LogP contribution in [0.3, 0.4) is 0 Å². The van der Waals surface area contributed by atoms with Crippen molar-refractivity contribution in [2.24, 2.45) is 17.3 Å². The summed E-state index contributed by atoms with van der Waals surface area (Å²) in [5.41, 5.74) is 1.13. The standard InChI is InChI=1S/C25H44O4Si/c1-9-27-22(26)15-18-16-25(6,28-17-18)21-13-12-19-20(11-10-14-24(19,21)5)29-30(7,8)23(2,3)4/h15,19-21H,9-14,16-17H2,1-8H3/b18-15+/t19-,20-,21-,24-,25-/m0/s1. The lowest BCUT2D eigenvalue weighted by molar-refractivity contribution is -0.137. The monoisotopic (exact) mass is 436 g/mol. The van der Waals surface area contributed by atoms with E-state index in [1.54, 1.807) is 6.08 Å². The second kappa shape index (κ2) is 8.36. The summed E-state index contributed by atoms with van der Waals surface area (Å²) in [5, 5.41) is 0.242. The van der Waals surface area contributed by atoms with Crippen molar-refractivity contribution in [3.05, 3.63) is 11.6 Å². The SMILES string of the molecule is CCOC(=O)/C=C1/CO[C@](C)([C@H]2CC[C@H]3[C@@H](O[Si](C)(C)C(C)(C)C)CCC[C@@]32C)C1. The summed E-state index contributed by atoms with van der Waals surface area (Å²) in [6.45, 7) is 19.4. The molecule has 5 heteroatoms. The molecule has 3 rings (SSSR count). The molecule has 0 amide bonds. The van der Waals surface area contributed by atoms with E-state index in [0.717, 1.165) is 12.0 Å². The summed E-state index contributed by atoms with van der Waals surface area (Å²) in [5.74, 6) is 0.883. The lowest BCUT2D eigenvalue weighted by atomic mass is 9.60. The van der Waals surface area contributed by atoms with Gasteiger partial charge in [-0.1, -0.05) is 34.1 Å². The van der Waals surface area contributed by atoms with Gasteiger partial charge in [0.15, 0.2) is 8.32 Å². The highest BCUT2D eigenvalue weighted by molar-refractivity contribution is 6.74. The summed E-state index contributed by atoms with van der Waals surface area (Å²) < 4.78 is 18.5. The molecule has 1 saturated heterocycles. The summed E-state index contributed by atoms with van der Waals surface area (Å²) >= 11 is 0. The van der Waals surface area contributed by atoms with Crippen LogP contribution in [0.1, 0.15) is 80.1 Å². The molecule has 0 aromatic carbocycles. The molecule has 4 nitrogen and oxygen atoms in total. The number of fused-ring (bicyclic) bond motifs is 1. The molecule has 0 aromatic heterocycles. The van der Waals surface area contributed by atoms with Crippen LogP contribution in [0.5, 0.6) is 0 Å². The Balaban J connectivity index is 1.76. The van der Waals surface area contributed by atoms with Gasteiger partial charge in [-0.3, -0.25) is 0 Å². The predicted octanol–water partition coefficient (Wildman–Crippen LogP) is 6.26. The zero-order valence-electron chi connectivity index (χ0n) is 20.6. The Morgan fingerprint density at radius 1 is 1.23 bits per heavy atom. The molecule has 3 fully saturated rings. The Kier molecular flexibility index (Phi) is 6.69. The third-order valence-corrected chi connectivity index (χ3v) is 13.3. The maximum atomic E-state index is 11.9. The molecule has 1 aliphatic heterocycles. The number of rotatable bonds is 5. The zero-order valence-corrected chi connectivity index (χ0v) is 21.6. The van der Waals surface area contributed by atoms with E-state index in [2.05, 4.69) is 47.7 Å². The first kappa shape index (κ1) is 24.0. The van der Waals surface area contributed by atoms with Crippen molar-refractivity contribution < 1.29 is 18.7 Å². The van der Waals surface area contributed by atoms with Gasteiger partial charge in [-0.05, 0) is 80.5 Å². The van der Waals surface area contributed by atoms with E-state index in [0.29, 0.717) is 31.2 Å². The Morgan fingerprint density at radius 3 is 2.57 bits per heavy atom. The number of carbonyl (C=O) groups excluding carboxylic acids is 1. The normalized spacial score (nSPS) is 38.7. The summed E-state index contributed by atoms with van der Waals surface area (Å²) in [6.07, 6.45) is 9.01. The van der Waals surface area contributed by atoms with Crippen molar-refractivity contribution in [1.82, 2.24) is 0 Å². The number of hydrogen-bond acceptors (Lipinski definition) is 4. The number of ether oxygens (including phenoxy) is 2. The summed E-state index contributed by atoms with van der Waals surface area (Å²) in [6, 6.07) is 0. The van der Waals surface area contributed by atoms with E-state index in [-0.39, 0.29) is 22.0 Å². The van der Waals surface area contributed by atoms with Crippen LogP contribution >= 0.6 is 0 Å². The minimum Gasteiger partial charge on any atom is -0.463 e. The van der Waals surface area contributed by atoms with Crippen molar-refractivity contribution in [2.45, 2.75) is 110 Å². The van der Waals surface area contributed by atoms with Gasteiger partial charge in [0.05, 0.1) is 18.8 Å². The molecule has 30 heavy (non-hydrogen) atoms. The smallest absolute Gasteiger partial charge is 0.330 e. The van der Waals surface area contributed by atoms with Gasteiger partial charge in [0, 0.05) is 18.6 Å². The van der Waals surface area contributed by atoms with Gasteiger partial charge < -0.3 is 13.9 Å². The minimum absolute atomic E-state index is 0.194. The fourth-order valence-electron chi connectivity index (χ4n) is 6.30. The van der Waals surface area contributed by atoms with Crippen LogP contribution in [0.15, 0.2) is 11.6 Å². The lowest BCUT2D eigenvalue weighted by Gasteiger charge is -2.51. The van der Waals surface area contributed by atoms with Gasteiger partial charge in [0.2, 0.25) is 0 Å². The van der Waals surface area contributed by atoms with Crippen LogP contribution < -0.4 is 0 Å². The molecule has 0 aromatic rings. The van der Waals surface area contributed by atoms with Crippen molar-refractivity contribution in [1.29, 1.82) is 0 Å². The number of hydrogen-bond donors (Lipinski definition) is 0. The predicted molar refractivity (Wildman–Crippen MR) is 124 cm³/mol. The van der Waals surface area contributed by atoms with Crippen LogP contribution in [-0.2, 0) is 18.7 Å². The maximum absolute atomic E-state index is 11.9. The Morgan fingerprint density at radius 2 is 1.93 bits per heavy atom. The van der Waals surface area contributed by atoms with Crippen LogP contribution in [0.2, 0.25) is 18.1 Å². The average Bonchev–Trinajstić information content (AvgIpc) is 3.15. The number of carbonyl (C=O) groups is 1. The second-order valence-electron chi connectivity index (χ2n) is 11.9. The van der Waals surface area contributed by atoms with E-state index >= 15 is 0 Å². The molecule has 0 unspecified atom stereocenters. The molecule has 2 saturated carbocycles. The highest BCUT2D eigenvalue weighted by Crippen LogP contribution is 2.62. The first-order valence-corrected chi connectivity index (χ1v) is 14.9. The molecule has 2 aliphatic carbocycles. The maximum Gasteiger partial charge on any atom is 0.330 e. The van der Waals surface area contributed by atoms with E-state index in [1.165, 1.54) is 32.1 Å². The molecule has 0 bridgehead atoms. The van der Waals surface area contributed by atoms with E-state index in [1.807, 2.05) is 6.92 Å². The fourth-order valence-corrected chi connectivity index (χ4v) is 7.69. The summed E-state index contributed by atoms with van der Waals surface area (Å²) in [7, 11) is -1.79. The molecular weight excluding hydrogens is 392 g/mol. The minimum atomic E-state index is -1.79. The van der Waals surface area contributed by atoms with Crippen LogP contribution in [0.25, 0.3) is 0 Å². The van der Waals surface area contributed by atoms with E-state index in [4.69, 9.17) is 13.9 Å². The van der Waals surface area contributed by atoms with Gasteiger partial charge in [-0.25, -0.2) is 4.79 Å². The first-order valence-electron chi connectivity index (χ1n) is 12.0. The van der Waals surface area contributed by atoms with Gasteiger partial charge in [0.25, 0.3) is 0 Å². The molecule has 0 radical (unpaired) electrons. The van der Waals surface area contributed by atoms with Gasteiger partial charge in [0.1, 0.15) is 0 Å². The highest BCUT2D eigenvalue weighted by atomic mass is 28.4. The molecular formula is C25H44O4Si. The van der Waals surface area contributed by atoms with Gasteiger partial charge >= 0.3 is 5.97 Å². The van der Waals surface area contributed by atoms with Crippen molar-refractivity contribution in [3.63, 3.8) is 0 Å². The van der Waals surface area contributed by atoms with Crippen LogP contribution in [0.4, 0.5) is 0 Å². The van der Waals surface area contributed by atoms with Crippen molar-refractivity contribution >= 4 is 14.3 Å². The van der Waals surface area contributed by atoms with E-state index < -0.39 is 8.32 Å². The summed E-state index contributed by atoms with van der Waals surface area (Å²) in [4.78, 5) is 11.9. The van der Waals surface area contributed by atoms with Gasteiger partial charge in [-0.2, -0.15) is 0 Å². The topological polar surface area (TPSA) is 44.8 Å². The quantitative estimate of drug-likeness (QED) is 0.290. The fraction of sp³-hybridized carbons (Fsp3) is 0.880.